The highest BCUT2D eigenvalue weighted by atomic mass is 16.5. The van der Waals surface area contributed by atoms with Gasteiger partial charge in [0.1, 0.15) is 6.10 Å². The topological polar surface area (TPSA) is 37.0 Å². The van der Waals surface area contributed by atoms with E-state index >= 15 is 0 Å². The number of hydrogen-bond donors (Lipinski definition) is 1. The van der Waals surface area contributed by atoms with Crippen molar-refractivity contribution in [1.82, 2.24) is 15.1 Å². The van der Waals surface area contributed by atoms with Gasteiger partial charge in [-0.2, -0.15) is 0 Å². The molecule has 0 spiro atoms. The third-order valence-electron chi connectivity index (χ3n) is 4.72. The quantitative estimate of drug-likeness (QED) is 0.892. The first-order valence-electron chi connectivity index (χ1n) is 8.70. The average Bonchev–Trinajstić information content (AvgIpc) is 2.57. The minimum atomic E-state index is 0.265. The molecular formula is C18H29N3O2. The summed E-state index contributed by atoms with van der Waals surface area (Å²) in [5.41, 5.74) is 1.29. The zero-order valence-electron chi connectivity index (χ0n) is 14.4. The summed E-state index contributed by atoms with van der Waals surface area (Å²) in [5.74, 6) is 1.72. The standard InChI is InChI=1S/C18H29N3O2/c1-20-9-3-4-16(14-20)23-17-6-5-15(12-18(17)22-2)13-21-10-7-19-8-11-21/h5-6,12,16,19H,3-4,7-11,13-14H2,1-2H3. The van der Waals surface area contributed by atoms with Gasteiger partial charge in [0.2, 0.25) is 0 Å². The van der Waals surface area contributed by atoms with Crippen LogP contribution in [0.4, 0.5) is 0 Å². The Kier molecular flexibility index (Phi) is 5.75. The molecule has 2 aliphatic heterocycles. The molecule has 1 aromatic carbocycles. The number of piperazine rings is 1. The Morgan fingerprint density at radius 2 is 2.00 bits per heavy atom. The fraction of sp³-hybridized carbons (Fsp3) is 0.667. The molecule has 2 fully saturated rings. The number of likely N-dealkylation sites (N-methyl/N-ethyl adjacent to an activating group) is 1. The Morgan fingerprint density at radius 3 is 2.74 bits per heavy atom. The van der Waals surface area contributed by atoms with Crippen LogP contribution in [0.25, 0.3) is 0 Å². The van der Waals surface area contributed by atoms with Gasteiger partial charge in [-0.1, -0.05) is 6.07 Å². The number of hydrogen-bond acceptors (Lipinski definition) is 5. The van der Waals surface area contributed by atoms with Crippen molar-refractivity contribution in [1.29, 1.82) is 0 Å². The zero-order chi connectivity index (χ0) is 16.1. The van der Waals surface area contributed by atoms with Gasteiger partial charge in [-0.15, -0.1) is 0 Å². The highest BCUT2D eigenvalue weighted by Crippen LogP contribution is 2.30. The second kappa shape index (κ2) is 7.99. The normalized spacial score (nSPS) is 23.7. The first-order chi connectivity index (χ1) is 11.2. The third kappa shape index (κ3) is 4.59. The van der Waals surface area contributed by atoms with Gasteiger partial charge in [-0.3, -0.25) is 4.90 Å². The van der Waals surface area contributed by atoms with Crippen LogP contribution in [0.3, 0.4) is 0 Å². The van der Waals surface area contributed by atoms with Gasteiger partial charge in [-0.25, -0.2) is 0 Å². The molecule has 1 atom stereocenters. The maximum atomic E-state index is 6.20. The number of nitrogens with one attached hydrogen (secondary N) is 1. The maximum absolute atomic E-state index is 6.20. The SMILES string of the molecule is COc1cc(CN2CCNCC2)ccc1OC1CCCN(C)C1. The summed E-state index contributed by atoms with van der Waals surface area (Å²) < 4.78 is 11.8. The third-order valence-corrected chi connectivity index (χ3v) is 4.72. The van der Waals surface area contributed by atoms with Crippen LogP contribution < -0.4 is 14.8 Å². The highest BCUT2D eigenvalue weighted by Gasteiger charge is 2.20. The first kappa shape index (κ1) is 16.6. The number of benzene rings is 1. The summed E-state index contributed by atoms with van der Waals surface area (Å²) in [4.78, 5) is 4.81. The highest BCUT2D eigenvalue weighted by molar-refractivity contribution is 5.43. The number of methoxy groups -OCH3 is 1. The van der Waals surface area contributed by atoms with E-state index in [0.29, 0.717) is 0 Å². The maximum Gasteiger partial charge on any atom is 0.161 e. The molecule has 5 heteroatoms. The number of ether oxygens (including phenoxy) is 2. The number of rotatable bonds is 5. The average molecular weight is 319 g/mol. The molecule has 0 aliphatic carbocycles. The van der Waals surface area contributed by atoms with Crippen molar-refractivity contribution in [3.8, 4) is 11.5 Å². The van der Waals surface area contributed by atoms with Gasteiger partial charge in [0.05, 0.1) is 7.11 Å². The van der Waals surface area contributed by atoms with Gasteiger partial charge in [0.25, 0.3) is 0 Å². The van der Waals surface area contributed by atoms with Crippen molar-refractivity contribution < 1.29 is 9.47 Å². The Hall–Kier alpha value is -1.30. The minimum Gasteiger partial charge on any atom is -0.493 e. The monoisotopic (exact) mass is 319 g/mol. The molecule has 3 rings (SSSR count). The summed E-state index contributed by atoms with van der Waals surface area (Å²) >= 11 is 0. The van der Waals surface area contributed by atoms with Crippen LogP contribution in [0.2, 0.25) is 0 Å². The van der Waals surface area contributed by atoms with E-state index in [4.69, 9.17) is 9.47 Å². The van der Waals surface area contributed by atoms with Crippen LogP contribution in [0.1, 0.15) is 18.4 Å². The van der Waals surface area contributed by atoms with Gasteiger partial charge < -0.3 is 19.7 Å². The number of likely N-dealkylation sites (tertiary alicyclic amines) is 1. The van der Waals surface area contributed by atoms with Crippen molar-refractivity contribution in [2.24, 2.45) is 0 Å². The molecule has 0 amide bonds. The van der Waals surface area contributed by atoms with Crippen LogP contribution >= 0.6 is 0 Å². The van der Waals surface area contributed by atoms with Gasteiger partial charge in [-0.05, 0) is 44.1 Å². The summed E-state index contributed by atoms with van der Waals surface area (Å²) in [6, 6.07) is 6.38. The molecule has 0 bridgehead atoms. The smallest absolute Gasteiger partial charge is 0.161 e. The Morgan fingerprint density at radius 1 is 1.17 bits per heavy atom. The summed E-state index contributed by atoms with van der Waals surface area (Å²) in [6.45, 7) is 7.50. The molecule has 0 saturated carbocycles. The molecule has 2 saturated heterocycles. The summed E-state index contributed by atoms with van der Waals surface area (Å²) in [6.07, 6.45) is 2.59. The van der Waals surface area contributed by atoms with E-state index in [2.05, 4.69) is 40.4 Å². The van der Waals surface area contributed by atoms with Gasteiger partial charge in [0, 0.05) is 39.3 Å². The lowest BCUT2D eigenvalue weighted by atomic mass is 10.1. The first-order valence-corrected chi connectivity index (χ1v) is 8.70. The molecule has 23 heavy (non-hydrogen) atoms. The van der Waals surface area contributed by atoms with Crippen LogP contribution in [-0.2, 0) is 6.54 Å². The molecule has 0 aromatic heterocycles. The second-order valence-corrected chi connectivity index (χ2v) is 6.66. The Balaban J connectivity index is 1.64. The van der Waals surface area contributed by atoms with Crippen molar-refractivity contribution in [2.45, 2.75) is 25.5 Å². The minimum absolute atomic E-state index is 0.265. The van der Waals surface area contributed by atoms with E-state index < -0.39 is 0 Å². The molecule has 128 valence electrons. The molecule has 1 N–H and O–H groups in total. The molecule has 0 radical (unpaired) electrons. The van der Waals surface area contributed by atoms with Crippen LogP contribution in [0, 0.1) is 0 Å². The van der Waals surface area contributed by atoms with Crippen LogP contribution in [0.5, 0.6) is 11.5 Å². The summed E-state index contributed by atoms with van der Waals surface area (Å²) in [5, 5.41) is 3.39. The predicted octanol–water partition coefficient (Wildman–Crippen LogP) is 1.57. The molecule has 1 unspecified atom stereocenters. The Bertz CT molecular complexity index is 503. The molecule has 2 aliphatic rings. The lowest BCUT2D eigenvalue weighted by molar-refractivity contribution is 0.101. The van der Waals surface area contributed by atoms with Crippen LogP contribution in [0.15, 0.2) is 18.2 Å². The fourth-order valence-electron chi connectivity index (χ4n) is 3.43. The zero-order valence-corrected chi connectivity index (χ0v) is 14.4. The molecular weight excluding hydrogens is 290 g/mol. The molecule has 1 aromatic rings. The van der Waals surface area contributed by atoms with E-state index in [1.807, 2.05) is 0 Å². The second-order valence-electron chi connectivity index (χ2n) is 6.66. The summed E-state index contributed by atoms with van der Waals surface area (Å²) in [7, 11) is 3.88. The van der Waals surface area contributed by atoms with E-state index in [9.17, 15) is 0 Å². The van der Waals surface area contributed by atoms with Crippen molar-refractivity contribution in [3.63, 3.8) is 0 Å². The molecule has 5 nitrogen and oxygen atoms in total. The van der Waals surface area contributed by atoms with E-state index in [0.717, 1.165) is 57.2 Å². The lowest BCUT2D eigenvalue weighted by Crippen LogP contribution is -2.42. The number of piperidine rings is 1. The van der Waals surface area contributed by atoms with Crippen LogP contribution in [-0.4, -0.2) is 69.3 Å². The molecule has 2 heterocycles. The van der Waals surface area contributed by atoms with E-state index in [1.165, 1.54) is 18.5 Å². The van der Waals surface area contributed by atoms with Gasteiger partial charge >= 0.3 is 0 Å². The van der Waals surface area contributed by atoms with Crippen molar-refractivity contribution >= 4 is 0 Å². The van der Waals surface area contributed by atoms with E-state index in [1.54, 1.807) is 7.11 Å². The largest absolute Gasteiger partial charge is 0.493 e. The van der Waals surface area contributed by atoms with Gasteiger partial charge in [0.15, 0.2) is 11.5 Å². The van der Waals surface area contributed by atoms with E-state index in [-0.39, 0.29) is 6.10 Å². The predicted molar refractivity (Wildman–Crippen MR) is 92.3 cm³/mol. The lowest BCUT2D eigenvalue weighted by Gasteiger charge is -2.30. The van der Waals surface area contributed by atoms with Crippen molar-refractivity contribution in [3.05, 3.63) is 23.8 Å². The fourth-order valence-corrected chi connectivity index (χ4v) is 3.43. The number of nitrogens with zero attached hydrogens (tertiary/aromatic N) is 2. The van der Waals surface area contributed by atoms with Crippen molar-refractivity contribution in [2.75, 3.05) is 53.4 Å². The Labute approximate surface area is 139 Å².